The molecule has 0 atom stereocenters. The van der Waals surface area contributed by atoms with Crippen LogP contribution in [0.4, 0.5) is 0 Å². The van der Waals surface area contributed by atoms with E-state index in [0.717, 1.165) is 21.7 Å². The Morgan fingerprint density at radius 3 is 2.41 bits per heavy atom. The zero-order valence-corrected chi connectivity index (χ0v) is 19.8. The van der Waals surface area contributed by atoms with Crippen LogP contribution in [0.25, 0.3) is 6.08 Å². The van der Waals surface area contributed by atoms with E-state index in [1.54, 1.807) is 20.6 Å². The number of amides is 2. The van der Waals surface area contributed by atoms with Crippen LogP contribution < -0.4 is 0 Å². The normalized spacial score (nSPS) is 14.3. The maximum atomic E-state index is 12.7. The Morgan fingerprint density at radius 2 is 1.75 bits per heavy atom. The van der Waals surface area contributed by atoms with E-state index in [4.69, 9.17) is 23.2 Å². The van der Waals surface area contributed by atoms with Crippen molar-refractivity contribution in [3.8, 4) is 0 Å². The minimum Gasteiger partial charge on any atom is -0.336 e. The van der Waals surface area contributed by atoms with Crippen molar-refractivity contribution in [2.24, 2.45) is 0 Å². The SMILES string of the molecule is Cc1nn(Cc2ccc(Cl)cc2)c(Cl)c1C=CC(=O)N1CCN(C(=O)c2cccs2)CC1. The third-order valence-corrected chi connectivity index (χ3v) is 6.87. The van der Waals surface area contributed by atoms with E-state index in [1.807, 2.05) is 48.7 Å². The molecular formula is C23H22Cl2N4O2S. The topological polar surface area (TPSA) is 58.4 Å². The molecule has 3 aromatic rings. The van der Waals surface area contributed by atoms with Crippen molar-refractivity contribution in [1.29, 1.82) is 0 Å². The Hall–Kier alpha value is -2.61. The van der Waals surface area contributed by atoms with E-state index in [0.29, 0.717) is 42.9 Å². The Bertz CT molecular complexity index is 1130. The van der Waals surface area contributed by atoms with Crippen molar-refractivity contribution in [2.75, 3.05) is 26.2 Å². The molecule has 0 aliphatic carbocycles. The van der Waals surface area contributed by atoms with Gasteiger partial charge >= 0.3 is 0 Å². The fourth-order valence-electron chi connectivity index (χ4n) is 3.57. The Kier molecular flexibility index (Phi) is 6.98. The van der Waals surface area contributed by atoms with Crippen LogP contribution in [0, 0.1) is 6.92 Å². The highest BCUT2D eigenvalue weighted by atomic mass is 35.5. The van der Waals surface area contributed by atoms with Gasteiger partial charge in [0.1, 0.15) is 5.15 Å². The second-order valence-corrected chi connectivity index (χ2v) is 9.24. The summed E-state index contributed by atoms with van der Waals surface area (Å²) >= 11 is 13.9. The summed E-state index contributed by atoms with van der Waals surface area (Å²) in [6.45, 7) is 4.43. The van der Waals surface area contributed by atoms with Crippen molar-refractivity contribution in [3.63, 3.8) is 0 Å². The molecule has 1 fully saturated rings. The molecule has 32 heavy (non-hydrogen) atoms. The molecular weight excluding hydrogens is 467 g/mol. The fraction of sp³-hybridized carbons (Fsp3) is 0.261. The lowest BCUT2D eigenvalue weighted by Gasteiger charge is -2.34. The van der Waals surface area contributed by atoms with Gasteiger partial charge in [0.25, 0.3) is 5.91 Å². The quantitative estimate of drug-likeness (QED) is 0.492. The van der Waals surface area contributed by atoms with E-state index >= 15 is 0 Å². The fourth-order valence-corrected chi connectivity index (χ4v) is 4.68. The molecule has 166 valence electrons. The van der Waals surface area contributed by atoms with Crippen molar-refractivity contribution in [3.05, 3.63) is 79.7 Å². The minimum atomic E-state index is -0.103. The van der Waals surface area contributed by atoms with Gasteiger partial charge in [0.05, 0.1) is 17.1 Å². The average Bonchev–Trinajstić information content (AvgIpc) is 3.42. The van der Waals surface area contributed by atoms with Crippen molar-refractivity contribution >= 4 is 52.4 Å². The van der Waals surface area contributed by atoms with Gasteiger partial charge in [-0.05, 0) is 42.1 Å². The highest BCUT2D eigenvalue weighted by Gasteiger charge is 2.24. The molecule has 0 N–H and O–H groups in total. The molecule has 1 aromatic carbocycles. The van der Waals surface area contributed by atoms with Gasteiger partial charge in [-0.3, -0.25) is 9.59 Å². The maximum Gasteiger partial charge on any atom is 0.264 e. The van der Waals surface area contributed by atoms with Crippen molar-refractivity contribution in [2.45, 2.75) is 13.5 Å². The lowest BCUT2D eigenvalue weighted by Crippen LogP contribution is -2.50. The summed E-state index contributed by atoms with van der Waals surface area (Å²) < 4.78 is 1.71. The van der Waals surface area contributed by atoms with Crippen LogP contribution in [0.1, 0.15) is 26.5 Å². The molecule has 0 bridgehead atoms. The van der Waals surface area contributed by atoms with Gasteiger partial charge in [-0.1, -0.05) is 41.4 Å². The van der Waals surface area contributed by atoms with E-state index < -0.39 is 0 Å². The Balaban J connectivity index is 1.37. The van der Waals surface area contributed by atoms with Crippen LogP contribution in [-0.2, 0) is 11.3 Å². The number of nitrogens with zero attached hydrogens (tertiary/aromatic N) is 4. The number of carbonyl (C=O) groups is 2. The molecule has 1 aliphatic heterocycles. The molecule has 6 nitrogen and oxygen atoms in total. The number of piperazine rings is 1. The van der Waals surface area contributed by atoms with Crippen LogP contribution >= 0.6 is 34.5 Å². The van der Waals surface area contributed by atoms with E-state index in [1.165, 1.54) is 17.4 Å². The van der Waals surface area contributed by atoms with Gasteiger partial charge in [0.15, 0.2) is 0 Å². The first-order valence-electron chi connectivity index (χ1n) is 10.2. The lowest BCUT2D eigenvalue weighted by molar-refractivity contribution is -0.127. The molecule has 0 unspecified atom stereocenters. The molecule has 4 rings (SSSR count). The number of carbonyl (C=O) groups excluding carboxylic acids is 2. The van der Waals surface area contributed by atoms with Crippen LogP contribution in [0.15, 0.2) is 47.9 Å². The predicted molar refractivity (Wildman–Crippen MR) is 128 cm³/mol. The zero-order valence-electron chi connectivity index (χ0n) is 17.5. The molecule has 3 heterocycles. The first kappa shape index (κ1) is 22.6. The largest absolute Gasteiger partial charge is 0.336 e. The maximum absolute atomic E-state index is 12.7. The summed E-state index contributed by atoms with van der Waals surface area (Å²) in [5.41, 5.74) is 2.50. The second kappa shape index (κ2) is 9.90. The van der Waals surface area contributed by atoms with Crippen LogP contribution in [-0.4, -0.2) is 57.6 Å². The average molecular weight is 489 g/mol. The summed E-state index contributed by atoms with van der Waals surface area (Å²) in [5.74, 6) is -0.0766. The number of hydrogen-bond donors (Lipinski definition) is 0. The lowest BCUT2D eigenvalue weighted by atomic mass is 10.2. The third kappa shape index (κ3) is 5.06. The number of aryl methyl sites for hydroxylation is 1. The van der Waals surface area contributed by atoms with Gasteiger partial charge < -0.3 is 9.80 Å². The van der Waals surface area contributed by atoms with E-state index in [2.05, 4.69) is 5.10 Å². The molecule has 1 saturated heterocycles. The van der Waals surface area contributed by atoms with Gasteiger partial charge in [-0.2, -0.15) is 5.10 Å². The first-order valence-corrected chi connectivity index (χ1v) is 11.8. The summed E-state index contributed by atoms with van der Waals surface area (Å²) in [6, 6.07) is 11.2. The number of aromatic nitrogens is 2. The summed E-state index contributed by atoms with van der Waals surface area (Å²) in [4.78, 5) is 29.4. The predicted octanol–water partition coefficient (Wildman–Crippen LogP) is 4.61. The highest BCUT2D eigenvalue weighted by Crippen LogP contribution is 2.23. The van der Waals surface area contributed by atoms with Crippen LogP contribution in [0.5, 0.6) is 0 Å². The van der Waals surface area contributed by atoms with Gasteiger partial charge in [-0.25, -0.2) is 4.68 Å². The molecule has 9 heteroatoms. The molecule has 1 aliphatic rings. The van der Waals surface area contributed by atoms with Gasteiger partial charge in [-0.15, -0.1) is 11.3 Å². The molecule has 2 aromatic heterocycles. The van der Waals surface area contributed by atoms with Crippen molar-refractivity contribution in [1.82, 2.24) is 19.6 Å². The number of thiophene rings is 1. The molecule has 2 amide bonds. The molecule has 0 spiro atoms. The number of halogens is 2. The minimum absolute atomic E-state index is 0.0261. The number of hydrogen-bond acceptors (Lipinski definition) is 4. The number of rotatable bonds is 5. The Labute approximate surface area is 200 Å². The number of benzene rings is 1. The second-order valence-electron chi connectivity index (χ2n) is 7.50. The summed E-state index contributed by atoms with van der Waals surface area (Å²) in [5, 5.41) is 7.55. The van der Waals surface area contributed by atoms with E-state index in [-0.39, 0.29) is 11.8 Å². The van der Waals surface area contributed by atoms with E-state index in [9.17, 15) is 9.59 Å². The summed E-state index contributed by atoms with van der Waals surface area (Å²) in [7, 11) is 0. The van der Waals surface area contributed by atoms with Gasteiger partial charge in [0, 0.05) is 42.8 Å². The zero-order chi connectivity index (χ0) is 22.7. The smallest absolute Gasteiger partial charge is 0.264 e. The standard InChI is InChI=1S/C23H22Cl2N4O2S/c1-16-19(22(25)29(26-16)15-17-4-6-18(24)7-5-17)8-9-21(30)27-10-12-28(13-11-27)23(31)20-3-2-14-32-20/h2-9,14H,10-13,15H2,1H3. The molecule has 0 saturated carbocycles. The van der Waals surface area contributed by atoms with Crippen LogP contribution in [0.3, 0.4) is 0 Å². The first-order chi connectivity index (χ1) is 15.4. The highest BCUT2D eigenvalue weighted by molar-refractivity contribution is 7.12. The third-order valence-electron chi connectivity index (χ3n) is 5.36. The summed E-state index contributed by atoms with van der Waals surface area (Å²) in [6.07, 6.45) is 3.24. The van der Waals surface area contributed by atoms with Crippen LogP contribution in [0.2, 0.25) is 10.2 Å². The Morgan fingerprint density at radius 1 is 1.06 bits per heavy atom. The monoisotopic (exact) mass is 488 g/mol. The molecule has 0 radical (unpaired) electrons. The van der Waals surface area contributed by atoms with Gasteiger partial charge in [0.2, 0.25) is 5.91 Å². The van der Waals surface area contributed by atoms with Crippen molar-refractivity contribution < 1.29 is 9.59 Å².